The van der Waals surface area contributed by atoms with E-state index in [-0.39, 0.29) is 23.6 Å². The van der Waals surface area contributed by atoms with E-state index >= 15 is 0 Å². The molecule has 2 aromatic heterocycles. The second kappa shape index (κ2) is 11.6. The number of nitrogens with zero attached hydrogens (tertiary/aromatic N) is 3. The Morgan fingerprint density at radius 1 is 1.12 bits per heavy atom. The van der Waals surface area contributed by atoms with Crippen molar-refractivity contribution in [1.82, 2.24) is 19.8 Å². The van der Waals surface area contributed by atoms with E-state index in [2.05, 4.69) is 33.8 Å². The Balaban J connectivity index is 1.12. The van der Waals surface area contributed by atoms with Gasteiger partial charge in [-0.05, 0) is 69.6 Å². The molecule has 2 amide bonds. The largest absolute Gasteiger partial charge is 0.444 e. The van der Waals surface area contributed by atoms with Gasteiger partial charge in [-0.1, -0.05) is 43.2 Å². The first-order chi connectivity index (χ1) is 20.2. The summed E-state index contributed by atoms with van der Waals surface area (Å²) in [4.78, 5) is 47.9. The van der Waals surface area contributed by atoms with Crippen LogP contribution in [0.5, 0.6) is 0 Å². The van der Waals surface area contributed by atoms with E-state index in [9.17, 15) is 14.4 Å². The van der Waals surface area contributed by atoms with Crippen LogP contribution < -0.4 is 16.2 Å². The van der Waals surface area contributed by atoms with Crippen LogP contribution in [-0.4, -0.2) is 32.1 Å². The van der Waals surface area contributed by atoms with Gasteiger partial charge in [-0.3, -0.25) is 19.1 Å². The number of amides is 2. The topological polar surface area (TPSA) is 106 Å². The predicted molar refractivity (Wildman–Crippen MR) is 162 cm³/mol. The molecule has 0 radical (unpaired) electrons. The van der Waals surface area contributed by atoms with Gasteiger partial charge < -0.3 is 15.4 Å². The normalized spacial score (nSPS) is 18.9. The SMILES string of the molecule is CC(C)(C)OC(=O)N1Cc2cc(CNC(=O)C3CCc4cnc(NC(c5ccccc5)C5CCCC5)c(=O)n43)sc2C1. The van der Waals surface area contributed by atoms with Gasteiger partial charge >= 0.3 is 6.09 Å². The molecule has 2 atom stereocenters. The fourth-order valence-electron chi connectivity index (χ4n) is 6.43. The average Bonchev–Trinajstić information content (AvgIpc) is 3.75. The van der Waals surface area contributed by atoms with Gasteiger partial charge in [0.15, 0.2) is 5.82 Å². The van der Waals surface area contributed by atoms with Crippen molar-refractivity contribution >= 4 is 29.2 Å². The molecule has 2 unspecified atom stereocenters. The van der Waals surface area contributed by atoms with Crippen LogP contribution in [0.25, 0.3) is 0 Å². The minimum Gasteiger partial charge on any atom is -0.444 e. The van der Waals surface area contributed by atoms with Crippen LogP contribution in [0, 0.1) is 5.92 Å². The van der Waals surface area contributed by atoms with E-state index in [1.165, 1.54) is 12.8 Å². The Kier molecular flexibility index (Phi) is 7.83. The summed E-state index contributed by atoms with van der Waals surface area (Å²) in [6, 6.07) is 11.8. The lowest BCUT2D eigenvalue weighted by molar-refractivity contribution is -0.124. The molecule has 0 bridgehead atoms. The lowest BCUT2D eigenvalue weighted by atomic mass is 9.91. The van der Waals surface area contributed by atoms with E-state index < -0.39 is 11.6 Å². The molecule has 1 fully saturated rings. The van der Waals surface area contributed by atoms with Gasteiger partial charge in [0, 0.05) is 21.6 Å². The van der Waals surface area contributed by atoms with E-state index in [0.717, 1.165) is 39.4 Å². The summed E-state index contributed by atoms with van der Waals surface area (Å²) in [6.45, 7) is 6.99. The van der Waals surface area contributed by atoms with E-state index in [0.29, 0.717) is 44.2 Å². The van der Waals surface area contributed by atoms with Crippen molar-refractivity contribution in [2.24, 2.45) is 5.92 Å². The molecule has 222 valence electrons. The van der Waals surface area contributed by atoms with E-state index in [1.54, 1.807) is 27.0 Å². The Morgan fingerprint density at radius 3 is 2.60 bits per heavy atom. The van der Waals surface area contributed by atoms with Crippen LogP contribution in [0.1, 0.15) is 91.5 Å². The number of thiophene rings is 1. The van der Waals surface area contributed by atoms with Crippen LogP contribution >= 0.6 is 11.3 Å². The first-order valence-corrected chi connectivity index (χ1v) is 15.8. The number of nitrogens with one attached hydrogen (secondary N) is 2. The van der Waals surface area contributed by atoms with Crippen molar-refractivity contribution in [3.05, 3.63) is 79.5 Å². The predicted octanol–water partition coefficient (Wildman–Crippen LogP) is 5.70. The van der Waals surface area contributed by atoms with E-state index in [1.807, 2.05) is 39.0 Å². The van der Waals surface area contributed by atoms with Crippen LogP contribution in [0.2, 0.25) is 0 Å². The summed E-state index contributed by atoms with van der Waals surface area (Å²) < 4.78 is 7.14. The van der Waals surface area contributed by atoms with Gasteiger partial charge in [-0.15, -0.1) is 11.3 Å². The molecule has 2 N–H and O–H groups in total. The summed E-state index contributed by atoms with van der Waals surface area (Å²) in [7, 11) is 0. The first kappa shape index (κ1) is 28.5. The van der Waals surface area contributed by atoms with Gasteiger partial charge in [0.2, 0.25) is 5.91 Å². The number of ether oxygens (including phenoxy) is 1. The molecular formula is C32H39N5O4S. The smallest absolute Gasteiger partial charge is 0.410 e. The Hall–Kier alpha value is -3.66. The number of aryl methyl sites for hydroxylation is 1. The number of rotatable bonds is 7. The van der Waals surface area contributed by atoms with Crippen LogP contribution in [-0.2, 0) is 35.6 Å². The highest BCUT2D eigenvalue weighted by Gasteiger charge is 2.33. The zero-order valence-electron chi connectivity index (χ0n) is 24.5. The highest BCUT2D eigenvalue weighted by atomic mass is 32.1. The number of carbonyl (C=O) groups excluding carboxylic acids is 2. The molecule has 0 spiro atoms. The number of fused-ring (bicyclic) bond motifs is 2. The van der Waals surface area contributed by atoms with Crippen LogP contribution in [0.3, 0.4) is 0 Å². The molecule has 3 aliphatic rings. The summed E-state index contributed by atoms with van der Waals surface area (Å²) in [5.41, 5.74) is 2.27. The molecule has 2 aliphatic heterocycles. The van der Waals surface area contributed by atoms with Crippen LogP contribution in [0.4, 0.5) is 10.6 Å². The maximum Gasteiger partial charge on any atom is 0.410 e. The number of carbonyl (C=O) groups is 2. The summed E-state index contributed by atoms with van der Waals surface area (Å²) in [5, 5.41) is 6.55. The van der Waals surface area contributed by atoms with Crippen molar-refractivity contribution in [3.8, 4) is 0 Å². The molecule has 6 rings (SSSR count). The number of hydrogen-bond donors (Lipinski definition) is 2. The van der Waals surface area contributed by atoms with Gasteiger partial charge in [0.25, 0.3) is 5.56 Å². The summed E-state index contributed by atoms with van der Waals surface area (Å²) in [5.74, 6) is 0.588. The lowest BCUT2D eigenvalue weighted by Gasteiger charge is -2.26. The Bertz CT molecular complexity index is 1500. The quantitative estimate of drug-likeness (QED) is 0.366. The molecule has 10 heteroatoms. The van der Waals surface area contributed by atoms with Crippen molar-refractivity contribution in [3.63, 3.8) is 0 Å². The maximum atomic E-state index is 13.7. The fraction of sp³-hybridized carbons (Fsp3) is 0.500. The minimum atomic E-state index is -0.563. The zero-order chi connectivity index (χ0) is 29.4. The van der Waals surface area contributed by atoms with Crippen molar-refractivity contribution < 1.29 is 14.3 Å². The third kappa shape index (κ3) is 5.95. The number of aromatic nitrogens is 2. The molecular weight excluding hydrogens is 550 g/mol. The molecule has 3 aromatic rings. The van der Waals surface area contributed by atoms with Gasteiger partial charge in [0.1, 0.15) is 11.6 Å². The standard InChI is InChI=1S/C32H39N5O4S/c1-32(2,3)41-31(40)36-18-22-15-24(42-26(22)19-36)17-34-29(38)25-14-13-23-16-33-28(30(39)37(23)25)35-27(21-11-7-8-12-21)20-9-5-4-6-10-20/h4-6,9-10,15-16,21,25,27H,7-8,11-14,17-19H2,1-3H3,(H,33,35)(H,34,38). The summed E-state index contributed by atoms with van der Waals surface area (Å²) >= 11 is 1.60. The number of benzene rings is 1. The molecule has 1 aromatic carbocycles. The highest BCUT2D eigenvalue weighted by Crippen LogP contribution is 2.37. The molecule has 9 nitrogen and oxygen atoms in total. The van der Waals surface area contributed by atoms with Crippen molar-refractivity contribution in [2.45, 2.75) is 96.6 Å². The zero-order valence-corrected chi connectivity index (χ0v) is 25.3. The first-order valence-electron chi connectivity index (χ1n) is 14.9. The second-order valence-electron chi connectivity index (χ2n) is 12.6. The van der Waals surface area contributed by atoms with Crippen molar-refractivity contribution in [2.75, 3.05) is 5.32 Å². The summed E-state index contributed by atoms with van der Waals surface area (Å²) in [6.07, 6.45) is 7.28. The molecule has 1 aliphatic carbocycles. The maximum absolute atomic E-state index is 13.7. The van der Waals surface area contributed by atoms with Gasteiger partial charge in [-0.2, -0.15) is 0 Å². The monoisotopic (exact) mass is 589 g/mol. The van der Waals surface area contributed by atoms with Gasteiger partial charge in [-0.25, -0.2) is 9.78 Å². The minimum absolute atomic E-state index is 0.00764. The third-order valence-corrected chi connectivity index (χ3v) is 9.58. The third-order valence-electron chi connectivity index (χ3n) is 8.42. The van der Waals surface area contributed by atoms with Gasteiger partial charge in [0.05, 0.1) is 25.7 Å². The molecule has 4 heterocycles. The molecule has 1 saturated carbocycles. The average molecular weight is 590 g/mol. The van der Waals surface area contributed by atoms with E-state index in [4.69, 9.17) is 4.74 Å². The lowest BCUT2D eigenvalue weighted by Crippen LogP contribution is -2.37. The van der Waals surface area contributed by atoms with Crippen LogP contribution in [0.15, 0.2) is 47.4 Å². The Morgan fingerprint density at radius 2 is 1.88 bits per heavy atom. The fourth-order valence-corrected chi connectivity index (χ4v) is 7.56. The van der Waals surface area contributed by atoms with Crippen molar-refractivity contribution in [1.29, 1.82) is 0 Å². The Labute approximate surface area is 250 Å². The molecule has 0 saturated heterocycles. The molecule has 42 heavy (non-hydrogen) atoms. The number of anilines is 1. The number of hydrogen-bond acceptors (Lipinski definition) is 7. The second-order valence-corrected chi connectivity index (χ2v) is 13.8. The highest BCUT2D eigenvalue weighted by molar-refractivity contribution is 7.12.